The molecule has 0 aliphatic heterocycles. The van der Waals surface area contributed by atoms with Crippen molar-refractivity contribution in [1.29, 1.82) is 0 Å². The van der Waals surface area contributed by atoms with Gasteiger partial charge in [-0.1, -0.05) is 18.2 Å². The minimum atomic E-state index is -0.451. The maximum absolute atomic E-state index is 12.3. The van der Waals surface area contributed by atoms with Crippen molar-refractivity contribution in [2.45, 2.75) is 20.0 Å². The molecule has 1 aromatic heterocycles. The fourth-order valence-corrected chi connectivity index (χ4v) is 3.50. The predicted octanol–water partition coefficient (Wildman–Crippen LogP) is 4.01. The van der Waals surface area contributed by atoms with Gasteiger partial charge in [0.1, 0.15) is 11.6 Å². The number of para-hydroxylation sites is 1. The minimum Gasteiger partial charge on any atom is -0.493 e. The fourth-order valence-electron chi connectivity index (χ4n) is 2.72. The molecule has 8 heteroatoms. The predicted molar refractivity (Wildman–Crippen MR) is 114 cm³/mol. The van der Waals surface area contributed by atoms with Gasteiger partial charge in [-0.25, -0.2) is 9.78 Å². The molecule has 0 saturated heterocycles. The first-order chi connectivity index (χ1) is 14.5. The van der Waals surface area contributed by atoms with Crippen LogP contribution in [0.4, 0.5) is 5.69 Å². The summed E-state index contributed by atoms with van der Waals surface area (Å²) in [7, 11) is 2.82. The third-order valence-corrected chi connectivity index (χ3v) is 5.19. The number of ether oxygens (including phenoxy) is 3. The molecule has 3 aromatic rings. The Bertz CT molecular complexity index is 1050. The summed E-state index contributed by atoms with van der Waals surface area (Å²) < 4.78 is 15.8. The Kier molecular flexibility index (Phi) is 7.03. The van der Waals surface area contributed by atoms with Crippen LogP contribution in [0.3, 0.4) is 0 Å². The van der Waals surface area contributed by atoms with E-state index in [4.69, 9.17) is 14.2 Å². The first-order valence-electron chi connectivity index (χ1n) is 9.18. The van der Waals surface area contributed by atoms with Crippen molar-refractivity contribution in [3.8, 4) is 11.5 Å². The zero-order valence-electron chi connectivity index (χ0n) is 16.9. The average molecular weight is 426 g/mol. The summed E-state index contributed by atoms with van der Waals surface area (Å²) in [6.45, 7) is 2.16. The monoisotopic (exact) mass is 426 g/mol. The number of carbonyl (C=O) groups excluding carboxylic acids is 2. The quantitative estimate of drug-likeness (QED) is 0.548. The molecule has 0 radical (unpaired) electrons. The topological polar surface area (TPSA) is 86.8 Å². The van der Waals surface area contributed by atoms with Crippen molar-refractivity contribution in [1.82, 2.24) is 4.98 Å². The molecule has 0 fully saturated rings. The Labute approximate surface area is 178 Å². The van der Waals surface area contributed by atoms with Crippen LogP contribution in [0.15, 0.2) is 47.8 Å². The van der Waals surface area contributed by atoms with Crippen LogP contribution in [0, 0.1) is 6.92 Å². The summed E-state index contributed by atoms with van der Waals surface area (Å²) in [5.74, 6) is 0.335. The first kappa shape index (κ1) is 21.3. The minimum absolute atomic E-state index is 0.119. The van der Waals surface area contributed by atoms with Crippen molar-refractivity contribution in [2.75, 3.05) is 19.5 Å². The number of rotatable bonds is 8. The van der Waals surface area contributed by atoms with Crippen LogP contribution in [-0.4, -0.2) is 31.1 Å². The Morgan fingerprint density at radius 2 is 1.90 bits per heavy atom. The fraction of sp³-hybridized carbons (Fsp3) is 0.227. The van der Waals surface area contributed by atoms with E-state index in [9.17, 15) is 9.59 Å². The highest BCUT2D eigenvalue weighted by molar-refractivity contribution is 7.09. The molecule has 3 rings (SSSR count). The molecule has 0 aliphatic carbocycles. The molecule has 0 bridgehead atoms. The van der Waals surface area contributed by atoms with Gasteiger partial charge in [-0.3, -0.25) is 4.79 Å². The average Bonchev–Trinajstić information content (AvgIpc) is 3.20. The summed E-state index contributed by atoms with van der Waals surface area (Å²) in [5.41, 5.74) is 2.88. The van der Waals surface area contributed by atoms with Crippen molar-refractivity contribution in [3.63, 3.8) is 0 Å². The van der Waals surface area contributed by atoms with E-state index in [1.165, 1.54) is 25.6 Å². The highest BCUT2D eigenvalue weighted by Crippen LogP contribution is 2.29. The largest absolute Gasteiger partial charge is 0.493 e. The van der Waals surface area contributed by atoms with Crippen LogP contribution in [-0.2, 0) is 22.6 Å². The lowest BCUT2D eigenvalue weighted by molar-refractivity contribution is -0.115. The number of thiazole rings is 1. The number of amides is 1. The zero-order valence-corrected chi connectivity index (χ0v) is 17.7. The number of nitrogens with zero attached hydrogens (tertiary/aromatic N) is 1. The number of hydrogen-bond acceptors (Lipinski definition) is 7. The zero-order chi connectivity index (χ0) is 21.5. The van der Waals surface area contributed by atoms with Gasteiger partial charge in [-0.2, -0.15) is 0 Å². The first-order valence-corrected chi connectivity index (χ1v) is 10.1. The summed E-state index contributed by atoms with van der Waals surface area (Å²) in [4.78, 5) is 28.4. The highest BCUT2D eigenvalue weighted by Gasteiger charge is 2.13. The summed E-state index contributed by atoms with van der Waals surface area (Å²) in [6.07, 6.45) is 0.191. The van der Waals surface area contributed by atoms with E-state index in [0.29, 0.717) is 27.8 Å². The number of benzene rings is 2. The van der Waals surface area contributed by atoms with Crippen LogP contribution in [0.5, 0.6) is 11.5 Å². The van der Waals surface area contributed by atoms with Crippen molar-refractivity contribution >= 4 is 28.9 Å². The molecule has 156 valence electrons. The number of nitrogens with one attached hydrogen (secondary N) is 1. The second-order valence-electron chi connectivity index (χ2n) is 6.42. The number of carbonyl (C=O) groups is 2. The van der Waals surface area contributed by atoms with Gasteiger partial charge in [0, 0.05) is 11.1 Å². The van der Waals surface area contributed by atoms with Crippen LogP contribution >= 0.6 is 11.3 Å². The molecule has 0 atom stereocenters. The number of anilines is 1. The van der Waals surface area contributed by atoms with Crippen LogP contribution in [0.2, 0.25) is 0 Å². The second-order valence-corrected chi connectivity index (χ2v) is 7.36. The van der Waals surface area contributed by atoms with E-state index in [2.05, 4.69) is 10.3 Å². The van der Waals surface area contributed by atoms with E-state index >= 15 is 0 Å². The van der Waals surface area contributed by atoms with Crippen molar-refractivity contribution in [2.24, 2.45) is 0 Å². The van der Waals surface area contributed by atoms with Gasteiger partial charge in [0.05, 0.1) is 31.9 Å². The van der Waals surface area contributed by atoms with Crippen LogP contribution < -0.4 is 14.8 Å². The second kappa shape index (κ2) is 9.89. The van der Waals surface area contributed by atoms with Gasteiger partial charge in [0.2, 0.25) is 5.91 Å². The Morgan fingerprint density at radius 1 is 1.10 bits per heavy atom. The SMILES string of the molecule is COC(=O)c1ccc(OCc2csc(CC(=O)Nc3ccccc3C)n2)c(OC)c1. The van der Waals surface area contributed by atoms with Crippen molar-refractivity contribution < 1.29 is 23.8 Å². The molecule has 1 N–H and O–H groups in total. The maximum Gasteiger partial charge on any atom is 0.337 e. The van der Waals surface area contributed by atoms with Gasteiger partial charge >= 0.3 is 5.97 Å². The lowest BCUT2D eigenvalue weighted by Gasteiger charge is -2.11. The molecule has 2 aromatic carbocycles. The molecule has 1 heterocycles. The molecular weight excluding hydrogens is 404 g/mol. The molecule has 0 saturated carbocycles. The molecule has 30 heavy (non-hydrogen) atoms. The molecule has 0 unspecified atom stereocenters. The molecular formula is C22H22N2O5S. The Hall–Kier alpha value is -3.39. The third-order valence-electron chi connectivity index (χ3n) is 4.29. The molecule has 0 spiro atoms. The number of aryl methyl sites for hydroxylation is 1. The standard InChI is InChI=1S/C22H22N2O5S/c1-14-6-4-5-7-17(14)24-20(25)11-21-23-16(13-30-21)12-29-18-9-8-15(22(26)28-3)10-19(18)27-2/h4-10,13H,11-12H2,1-3H3,(H,24,25). The maximum atomic E-state index is 12.3. The number of esters is 1. The summed E-state index contributed by atoms with van der Waals surface area (Å²) >= 11 is 1.40. The van der Waals surface area contributed by atoms with Crippen LogP contribution in [0.1, 0.15) is 26.6 Å². The molecule has 0 aliphatic rings. The van der Waals surface area contributed by atoms with E-state index in [1.807, 2.05) is 36.6 Å². The van der Waals surface area contributed by atoms with Crippen molar-refractivity contribution in [3.05, 3.63) is 69.7 Å². The number of hydrogen-bond donors (Lipinski definition) is 1. The van der Waals surface area contributed by atoms with Crippen LogP contribution in [0.25, 0.3) is 0 Å². The molecule has 1 amide bonds. The lowest BCUT2D eigenvalue weighted by Crippen LogP contribution is -2.15. The van der Waals surface area contributed by atoms with Gasteiger partial charge in [0.15, 0.2) is 11.5 Å². The van der Waals surface area contributed by atoms with E-state index in [1.54, 1.807) is 18.2 Å². The normalized spacial score (nSPS) is 10.4. The summed E-state index contributed by atoms with van der Waals surface area (Å²) in [5, 5.41) is 5.46. The summed E-state index contributed by atoms with van der Waals surface area (Å²) in [6, 6.07) is 12.4. The van der Waals surface area contributed by atoms with E-state index < -0.39 is 5.97 Å². The van der Waals surface area contributed by atoms with Gasteiger partial charge in [-0.05, 0) is 36.8 Å². The number of methoxy groups -OCH3 is 2. The van der Waals surface area contributed by atoms with Gasteiger partial charge in [0.25, 0.3) is 0 Å². The van der Waals surface area contributed by atoms with E-state index in [0.717, 1.165) is 11.3 Å². The molecule has 7 nitrogen and oxygen atoms in total. The Morgan fingerprint density at radius 3 is 2.63 bits per heavy atom. The third kappa shape index (κ3) is 5.36. The highest BCUT2D eigenvalue weighted by atomic mass is 32.1. The Balaban J connectivity index is 1.59. The van der Waals surface area contributed by atoms with E-state index in [-0.39, 0.29) is 18.9 Å². The van der Waals surface area contributed by atoms with Gasteiger partial charge in [-0.15, -0.1) is 11.3 Å². The van der Waals surface area contributed by atoms with Gasteiger partial charge < -0.3 is 19.5 Å². The number of aromatic nitrogens is 1. The smallest absolute Gasteiger partial charge is 0.337 e. The lowest BCUT2D eigenvalue weighted by atomic mass is 10.2.